The molecule has 5 heteroatoms. The van der Waals surface area contributed by atoms with Gasteiger partial charge >= 0.3 is 5.97 Å². The summed E-state index contributed by atoms with van der Waals surface area (Å²) in [6.45, 7) is 4.15. The SMILES string of the molecule is CCOC(=O)c1c(-c2ccccc2)cc(N2CCCC2)[nH]c1=S. The van der Waals surface area contributed by atoms with Crippen LogP contribution in [0.5, 0.6) is 0 Å². The zero-order valence-electron chi connectivity index (χ0n) is 13.2. The maximum Gasteiger partial charge on any atom is 0.341 e. The van der Waals surface area contributed by atoms with Crippen LogP contribution in [0.3, 0.4) is 0 Å². The Morgan fingerprint density at radius 2 is 1.96 bits per heavy atom. The molecule has 1 aliphatic heterocycles. The Labute approximate surface area is 141 Å². The van der Waals surface area contributed by atoms with Gasteiger partial charge in [0.25, 0.3) is 0 Å². The number of H-pyrrole nitrogens is 1. The van der Waals surface area contributed by atoms with Crippen molar-refractivity contribution in [3.63, 3.8) is 0 Å². The first-order valence-corrected chi connectivity index (χ1v) is 8.36. The molecule has 0 aliphatic carbocycles. The molecule has 0 amide bonds. The van der Waals surface area contributed by atoms with E-state index in [2.05, 4.69) is 9.88 Å². The molecule has 1 N–H and O–H groups in total. The second kappa shape index (κ2) is 6.96. The van der Waals surface area contributed by atoms with Gasteiger partial charge in [0.15, 0.2) is 0 Å². The summed E-state index contributed by atoms with van der Waals surface area (Å²) in [5, 5.41) is 0. The molecule has 2 aromatic rings. The first-order valence-electron chi connectivity index (χ1n) is 7.95. The molecule has 4 nitrogen and oxygen atoms in total. The molecule has 0 saturated carbocycles. The first-order chi connectivity index (χ1) is 11.2. The number of pyridine rings is 1. The van der Waals surface area contributed by atoms with Gasteiger partial charge in [0.1, 0.15) is 16.0 Å². The largest absolute Gasteiger partial charge is 0.462 e. The van der Waals surface area contributed by atoms with Gasteiger partial charge in [0.2, 0.25) is 0 Å². The molecular formula is C18H20N2O2S. The van der Waals surface area contributed by atoms with E-state index < -0.39 is 0 Å². The number of ether oxygens (including phenoxy) is 1. The summed E-state index contributed by atoms with van der Waals surface area (Å²) in [5.74, 6) is 0.597. The summed E-state index contributed by atoms with van der Waals surface area (Å²) < 4.78 is 5.63. The molecule has 1 aromatic heterocycles. The monoisotopic (exact) mass is 328 g/mol. The van der Waals surface area contributed by atoms with Crippen LogP contribution >= 0.6 is 12.2 Å². The Bertz CT molecular complexity index is 749. The van der Waals surface area contributed by atoms with E-state index in [1.54, 1.807) is 6.92 Å². The summed E-state index contributed by atoms with van der Waals surface area (Å²) in [5.41, 5.74) is 2.24. The highest BCUT2D eigenvalue weighted by molar-refractivity contribution is 7.71. The standard InChI is InChI=1S/C18H20N2O2S/c1-2-22-18(21)16-14(13-8-4-3-5-9-13)12-15(19-17(16)23)20-10-6-7-11-20/h3-5,8-9,12H,2,6-7,10-11H2,1H3,(H,19,23). The molecule has 0 unspecified atom stereocenters. The fourth-order valence-corrected chi connectivity index (χ4v) is 3.22. The third-order valence-electron chi connectivity index (χ3n) is 4.03. The zero-order valence-corrected chi connectivity index (χ0v) is 14.0. The van der Waals surface area contributed by atoms with Crippen LogP contribution in [0.1, 0.15) is 30.1 Å². The average Bonchev–Trinajstić information content (AvgIpc) is 3.09. The van der Waals surface area contributed by atoms with Crippen molar-refractivity contribution in [2.75, 3.05) is 24.6 Å². The average molecular weight is 328 g/mol. The summed E-state index contributed by atoms with van der Waals surface area (Å²) in [6, 6.07) is 11.9. The lowest BCUT2D eigenvalue weighted by Gasteiger charge is -2.20. The molecule has 1 aromatic carbocycles. The number of anilines is 1. The quantitative estimate of drug-likeness (QED) is 0.675. The molecule has 0 atom stereocenters. The van der Waals surface area contributed by atoms with Crippen LogP contribution in [0.15, 0.2) is 36.4 Å². The molecule has 23 heavy (non-hydrogen) atoms. The first kappa shape index (κ1) is 15.7. The lowest BCUT2D eigenvalue weighted by atomic mass is 10.0. The number of aromatic nitrogens is 1. The molecule has 1 fully saturated rings. The van der Waals surface area contributed by atoms with E-state index in [-0.39, 0.29) is 5.97 Å². The number of aromatic amines is 1. The topological polar surface area (TPSA) is 45.3 Å². The van der Waals surface area contributed by atoms with Crippen LogP contribution in [0.2, 0.25) is 0 Å². The highest BCUT2D eigenvalue weighted by Crippen LogP contribution is 2.30. The van der Waals surface area contributed by atoms with Gasteiger partial charge < -0.3 is 14.6 Å². The smallest absolute Gasteiger partial charge is 0.341 e. The second-order valence-corrected chi connectivity index (χ2v) is 5.96. The van der Waals surface area contributed by atoms with Gasteiger partial charge in [-0.15, -0.1) is 0 Å². The lowest BCUT2D eigenvalue weighted by Crippen LogP contribution is -2.20. The molecular weight excluding hydrogens is 308 g/mol. The van der Waals surface area contributed by atoms with Crippen LogP contribution in [0.4, 0.5) is 5.82 Å². The molecule has 0 radical (unpaired) electrons. The second-order valence-electron chi connectivity index (χ2n) is 5.55. The van der Waals surface area contributed by atoms with Gasteiger partial charge in [-0.25, -0.2) is 4.79 Å². The summed E-state index contributed by atoms with van der Waals surface area (Å²) in [6.07, 6.45) is 2.36. The Hall–Kier alpha value is -2.14. The summed E-state index contributed by atoms with van der Waals surface area (Å²) >= 11 is 5.47. The number of hydrogen-bond acceptors (Lipinski definition) is 4. The molecule has 0 bridgehead atoms. The van der Waals surface area contributed by atoms with Crippen LogP contribution in [-0.2, 0) is 4.74 Å². The predicted octanol–water partition coefficient (Wildman–Crippen LogP) is 4.19. The van der Waals surface area contributed by atoms with E-state index in [1.165, 1.54) is 12.8 Å². The van der Waals surface area contributed by atoms with Gasteiger partial charge in [-0.2, -0.15) is 0 Å². The molecule has 120 valence electrons. The zero-order chi connectivity index (χ0) is 16.2. The predicted molar refractivity (Wildman–Crippen MR) is 94.5 cm³/mol. The minimum atomic E-state index is -0.374. The fraction of sp³-hybridized carbons (Fsp3) is 0.333. The van der Waals surface area contributed by atoms with E-state index in [4.69, 9.17) is 17.0 Å². The molecule has 1 aliphatic rings. The third-order valence-corrected chi connectivity index (χ3v) is 4.34. The summed E-state index contributed by atoms with van der Waals surface area (Å²) in [7, 11) is 0. The van der Waals surface area contributed by atoms with Crippen LogP contribution < -0.4 is 4.90 Å². The van der Waals surface area contributed by atoms with E-state index >= 15 is 0 Å². The highest BCUT2D eigenvalue weighted by atomic mass is 32.1. The number of nitrogens with zero attached hydrogens (tertiary/aromatic N) is 1. The minimum absolute atomic E-state index is 0.329. The van der Waals surface area contributed by atoms with Gasteiger partial charge in [-0.3, -0.25) is 0 Å². The van der Waals surface area contributed by atoms with Crippen molar-refractivity contribution in [2.45, 2.75) is 19.8 Å². The maximum atomic E-state index is 12.4. The fourth-order valence-electron chi connectivity index (χ4n) is 2.93. The van der Waals surface area contributed by atoms with Crippen LogP contribution in [0, 0.1) is 4.64 Å². The number of benzene rings is 1. The molecule has 1 saturated heterocycles. The van der Waals surface area contributed by atoms with Crippen molar-refractivity contribution in [1.29, 1.82) is 0 Å². The number of rotatable bonds is 4. The number of nitrogens with one attached hydrogen (secondary N) is 1. The number of esters is 1. The Balaban J connectivity index is 2.15. The highest BCUT2D eigenvalue weighted by Gasteiger charge is 2.20. The molecule has 3 rings (SSSR count). The van der Waals surface area contributed by atoms with Crippen molar-refractivity contribution >= 4 is 24.0 Å². The number of carbonyl (C=O) groups excluding carboxylic acids is 1. The Kier molecular flexibility index (Phi) is 4.76. The van der Waals surface area contributed by atoms with E-state index in [0.717, 1.165) is 30.0 Å². The lowest BCUT2D eigenvalue weighted by molar-refractivity contribution is 0.0526. The van der Waals surface area contributed by atoms with Crippen molar-refractivity contribution < 1.29 is 9.53 Å². The molecule has 2 heterocycles. The number of hydrogen-bond donors (Lipinski definition) is 1. The van der Waals surface area contributed by atoms with Gasteiger partial charge in [-0.05, 0) is 31.4 Å². The number of carbonyl (C=O) groups is 1. The minimum Gasteiger partial charge on any atom is -0.462 e. The van der Waals surface area contributed by atoms with Crippen molar-refractivity contribution in [3.05, 3.63) is 46.6 Å². The normalized spacial score (nSPS) is 14.0. The maximum absolute atomic E-state index is 12.4. The van der Waals surface area contributed by atoms with Crippen LogP contribution in [0.25, 0.3) is 11.1 Å². The Morgan fingerprint density at radius 1 is 1.26 bits per heavy atom. The third kappa shape index (κ3) is 3.29. The van der Waals surface area contributed by atoms with E-state index in [0.29, 0.717) is 16.8 Å². The Morgan fingerprint density at radius 3 is 2.61 bits per heavy atom. The van der Waals surface area contributed by atoms with Gasteiger partial charge in [0, 0.05) is 18.7 Å². The van der Waals surface area contributed by atoms with E-state index in [1.807, 2.05) is 36.4 Å². The van der Waals surface area contributed by atoms with E-state index in [9.17, 15) is 4.79 Å². The van der Waals surface area contributed by atoms with Crippen molar-refractivity contribution in [1.82, 2.24) is 4.98 Å². The van der Waals surface area contributed by atoms with Gasteiger partial charge in [0.05, 0.1) is 6.61 Å². The van der Waals surface area contributed by atoms with Gasteiger partial charge in [-0.1, -0.05) is 42.5 Å². The van der Waals surface area contributed by atoms with Crippen molar-refractivity contribution in [3.8, 4) is 11.1 Å². The van der Waals surface area contributed by atoms with Crippen molar-refractivity contribution in [2.24, 2.45) is 0 Å². The van der Waals surface area contributed by atoms with Crippen LogP contribution in [-0.4, -0.2) is 30.6 Å². The molecule has 0 spiro atoms. The summed E-state index contributed by atoms with van der Waals surface area (Å²) in [4.78, 5) is 17.9.